The quantitative estimate of drug-likeness (QED) is 0.156. The SMILES string of the molecule is Cc1ccnc2ncn(CC(=O)NN)c(=O)c12.Cc1ccnc2ncn(Cc3n[nH]c(=O)o3)c(=O)c12. The highest BCUT2D eigenvalue weighted by atomic mass is 16.4. The highest BCUT2D eigenvalue weighted by Gasteiger charge is 2.11. The molecule has 4 N–H and O–H groups in total. The number of nitrogens with two attached hydrogens (primary N) is 1. The van der Waals surface area contributed by atoms with Gasteiger partial charge in [0.15, 0.2) is 11.3 Å². The van der Waals surface area contributed by atoms with Gasteiger partial charge in [-0.3, -0.25) is 28.9 Å². The van der Waals surface area contributed by atoms with Crippen LogP contribution >= 0.6 is 0 Å². The fraction of sp³-hybridized carbons (Fsp3) is 0.190. The molecular formula is C21H20N10O5. The molecule has 5 aromatic rings. The first-order valence-corrected chi connectivity index (χ1v) is 10.4. The van der Waals surface area contributed by atoms with Crippen molar-refractivity contribution in [1.29, 1.82) is 0 Å². The van der Waals surface area contributed by atoms with E-state index in [9.17, 15) is 19.2 Å². The van der Waals surface area contributed by atoms with E-state index in [0.29, 0.717) is 22.1 Å². The molecule has 5 aromatic heterocycles. The van der Waals surface area contributed by atoms with Crippen LogP contribution < -0.4 is 28.1 Å². The zero-order valence-electron chi connectivity index (χ0n) is 19.1. The Morgan fingerprint density at radius 3 is 2.03 bits per heavy atom. The van der Waals surface area contributed by atoms with Gasteiger partial charge in [-0.15, -0.1) is 5.10 Å². The van der Waals surface area contributed by atoms with Gasteiger partial charge in [0.25, 0.3) is 17.0 Å². The van der Waals surface area contributed by atoms with E-state index in [1.54, 1.807) is 31.5 Å². The number of hydrazine groups is 1. The molecule has 0 fully saturated rings. The maximum absolute atomic E-state index is 12.3. The summed E-state index contributed by atoms with van der Waals surface area (Å²) >= 11 is 0. The number of nitrogens with one attached hydrogen (secondary N) is 2. The number of carbonyl (C=O) groups is 1. The average molecular weight is 492 g/mol. The van der Waals surface area contributed by atoms with Crippen LogP contribution in [0.4, 0.5) is 0 Å². The standard InChI is InChI=1S/C11H9N5O3.C10H11N5O2/c1-6-2-3-12-9-8(6)10(17)16(5-13-9)4-7-14-15-11(18)19-7;1-6-2-3-12-9-8(6)10(17)15(5-13-9)4-7(16)14-11/h2-3,5H,4H2,1H3,(H,15,18);2-3,5H,4,11H2,1H3,(H,14,16). The average Bonchev–Trinajstić information content (AvgIpc) is 3.27. The number of aryl methyl sites for hydroxylation is 2. The summed E-state index contributed by atoms with van der Waals surface area (Å²) in [6, 6.07) is 3.46. The molecule has 0 spiro atoms. The minimum atomic E-state index is -0.658. The molecule has 0 aliphatic rings. The van der Waals surface area contributed by atoms with E-state index in [-0.39, 0.29) is 30.1 Å². The second kappa shape index (κ2) is 10.1. The number of aromatic nitrogens is 8. The zero-order chi connectivity index (χ0) is 25.8. The van der Waals surface area contributed by atoms with E-state index < -0.39 is 11.7 Å². The van der Waals surface area contributed by atoms with Gasteiger partial charge in [-0.1, -0.05) is 0 Å². The zero-order valence-corrected chi connectivity index (χ0v) is 19.1. The van der Waals surface area contributed by atoms with Gasteiger partial charge < -0.3 is 4.42 Å². The van der Waals surface area contributed by atoms with Crippen molar-refractivity contribution >= 4 is 28.0 Å². The number of pyridine rings is 2. The number of nitrogens with zero attached hydrogens (tertiary/aromatic N) is 7. The number of rotatable bonds is 4. The van der Waals surface area contributed by atoms with Crippen LogP contribution in [-0.4, -0.2) is 45.2 Å². The largest absolute Gasteiger partial charge is 0.434 e. The molecule has 0 aromatic carbocycles. The molecule has 0 bridgehead atoms. The third-order valence-corrected chi connectivity index (χ3v) is 5.13. The van der Waals surface area contributed by atoms with E-state index in [2.05, 4.69) is 30.1 Å². The van der Waals surface area contributed by atoms with Crippen molar-refractivity contribution in [1.82, 2.24) is 44.7 Å². The first-order valence-electron chi connectivity index (χ1n) is 10.4. The molecule has 15 heteroatoms. The van der Waals surface area contributed by atoms with Crippen LogP contribution in [0.2, 0.25) is 0 Å². The van der Waals surface area contributed by atoms with Gasteiger partial charge in [0.05, 0.1) is 10.8 Å². The van der Waals surface area contributed by atoms with Gasteiger partial charge in [-0.25, -0.2) is 35.7 Å². The second-order valence-corrected chi connectivity index (χ2v) is 7.58. The van der Waals surface area contributed by atoms with Crippen molar-refractivity contribution in [2.75, 3.05) is 0 Å². The summed E-state index contributed by atoms with van der Waals surface area (Å²) in [6.07, 6.45) is 5.82. The first kappa shape index (κ1) is 24.1. The van der Waals surface area contributed by atoms with Crippen LogP contribution in [0.15, 0.2) is 56.0 Å². The lowest BCUT2D eigenvalue weighted by Gasteiger charge is -2.06. The Labute approximate surface area is 200 Å². The summed E-state index contributed by atoms with van der Waals surface area (Å²) in [4.78, 5) is 62.4. The molecule has 0 radical (unpaired) electrons. The van der Waals surface area contributed by atoms with E-state index in [4.69, 9.17) is 10.3 Å². The molecule has 0 unspecified atom stereocenters. The van der Waals surface area contributed by atoms with Crippen molar-refractivity contribution in [3.05, 3.63) is 85.5 Å². The Bertz CT molecular complexity index is 1750. The first-order chi connectivity index (χ1) is 17.3. The van der Waals surface area contributed by atoms with Crippen molar-refractivity contribution in [2.45, 2.75) is 26.9 Å². The van der Waals surface area contributed by atoms with Crippen molar-refractivity contribution < 1.29 is 9.21 Å². The third-order valence-electron chi connectivity index (χ3n) is 5.13. The molecule has 0 atom stereocenters. The number of hydrogen-bond donors (Lipinski definition) is 3. The maximum Gasteiger partial charge on any atom is 0.434 e. The van der Waals surface area contributed by atoms with E-state index in [1.165, 1.54) is 21.8 Å². The summed E-state index contributed by atoms with van der Waals surface area (Å²) in [5, 5.41) is 6.65. The minimum Gasteiger partial charge on any atom is -0.390 e. The number of hydrogen-bond acceptors (Lipinski definition) is 11. The van der Waals surface area contributed by atoms with E-state index >= 15 is 0 Å². The number of H-pyrrole nitrogens is 1. The molecular weight excluding hydrogens is 472 g/mol. The smallest absolute Gasteiger partial charge is 0.390 e. The fourth-order valence-electron chi connectivity index (χ4n) is 3.35. The van der Waals surface area contributed by atoms with Crippen LogP contribution in [0, 0.1) is 13.8 Å². The van der Waals surface area contributed by atoms with Crippen LogP contribution in [0.1, 0.15) is 17.0 Å². The lowest BCUT2D eigenvalue weighted by Crippen LogP contribution is -2.36. The molecule has 5 heterocycles. The van der Waals surface area contributed by atoms with Crippen LogP contribution in [0.5, 0.6) is 0 Å². The van der Waals surface area contributed by atoms with Crippen molar-refractivity contribution in [3.8, 4) is 0 Å². The van der Waals surface area contributed by atoms with Crippen molar-refractivity contribution in [3.63, 3.8) is 0 Å². The molecule has 5 rings (SSSR count). The molecule has 15 nitrogen and oxygen atoms in total. The van der Waals surface area contributed by atoms with Gasteiger partial charge >= 0.3 is 5.76 Å². The molecule has 0 aliphatic carbocycles. The lowest BCUT2D eigenvalue weighted by atomic mass is 10.2. The topological polar surface area (TPSA) is 210 Å². The maximum atomic E-state index is 12.3. The predicted octanol–water partition coefficient (Wildman–Crippen LogP) is -1.09. The van der Waals surface area contributed by atoms with Crippen LogP contribution in [-0.2, 0) is 17.9 Å². The lowest BCUT2D eigenvalue weighted by molar-refractivity contribution is -0.121. The molecule has 184 valence electrons. The van der Waals surface area contributed by atoms with E-state index in [1.807, 2.05) is 12.3 Å². The molecule has 36 heavy (non-hydrogen) atoms. The van der Waals surface area contributed by atoms with Crippen LogP contribution in [0.25, 0.3) is 22.1 Å². The van der Waals surface area contributed by atoms with Gasteiger partial charge in [-0.2, -0.15) is 0 Å². The monoisotopic (exact) mass is 492 g/mol. The van der Waals surface area contributed by atoms with Crippen LogP contribution in [0.3, 0.4) is 0 Å². The fourth-order valence-corrected chi connectivity index (χ4v) is 3.35. The number of carbonyl (C=O) groups excluding carboxylic acids is 1. The second-order valence-electron chi connectivity index (χ2n) is 7.58. The highest BCUT2D eigenvalue weighted by molar-refractivity contribution is 5.78. The van der Waals surface area contributed by atoms with Gasteiger partial charge in [0, 0.05) is 12.4 Å². The van der Waals surface area contributed by atoms with Gasteiger partial charge in [0.2, 0.25) is 5.89 Å². The third kappa shape index (κ3) is 4.90. The number of fused-ring (bicyclic) bond motifs is 2. The number of aromatic amines is 1. The Hall–Kier alpha value is -5.05. The summed E-state index contributed by atoms with van der Waals surface area (Å²) in [5.74, 6) is 3.96. The summed E-state index contributed by atoms with van der Waals surface area (Å²) in [6.45, 7) is 3.48. The summed E-state index contributed by atoms with van der Waals surface area (Å²) in [5.41, 5.74) is 3.74. The highest BCUT2D eigenvalue weighted by Crippen LogP contribution is 2.09. The Morgan fingerprint density at radius 2 is 1.50 bits per heavy atom. The Kier molecular flexibility index (Phi) is 6.73. The van der Waals surface area contributed by atoms with Gasteiger partial charge in [-0.05, 0) is 37.1 Å². The van der Waals surface area contributed by atoms with E-state index in [0.717, 1.165) is 11.1 Å². The van der Waals surface area contributed by atoms with Crippen molar-refractivity contribution in [2.24, 2.45) is 5.84 Å². The number of amides is 1. The molecule has 0 saturated carbocycles. The minimum absolute atomic E-state index is 0.0366. The normalized spacial score (nSPS) is 10.8. The predicted molar refractivity (Wildman–Crippen MR) is 126 cm³/mol. The summed E-state index contributed by atoms with van der Waals surface area (Å²) in [7, 11) is 0. The van der Waals surface area contributed by atoms with Gasteiger partial charge in [0.1, 0.15) is 25.7 Å². The molecule has 0 aliphatic heterocycles. The summed E-state index contributed by atoms with van der Waals surface area (Å²) < 4.78 is 7.27. The molecule has 1 amide bonds. The Morgan fingerprint density at radius 1 is 0.944 bits per heavy atom. The molecule has 0 saturated heterocycles. The Balaban J connectivity index is 0.000000170.